The number of fused-ring (bicyclic) bond motifs is 5. The Bertz CT molecular complexity index is 1640. The third kappa shape index (κ3) is 2.58. The van der Waals surface area contributed by atoms with Crippen molar-refractivity contribution in [2.45, 2.75) is 39.7 Å². The summed E-state index contributed by atoms with van der Waals surface area (Å²) < 4.78 is 6.13. The molecule has 1 atom stereocenters. The van der Waals surface area contributed by atoms with E-state index in [9.17, 15) is 14.4 Å². The largest absolute Gasteiger partial charge is 0.450 e. The monoisotopic (exact) mass is 486 g/mol. The fourth-order valence-electron chi connectivity index (χ4n) is 5.21. The third-order valence-corrected chi connectivity index (χ3v) is 8.06. The van der Waals surface area contributed by atoms with Crippen LogP contribution in [0.3, 0.4) is 0 Å². The van der Waals surface area contributed by atoms with Crippen LogP contribution < -0.4 is 15.2 Å². The Kier molecular flexibility index (Phi) is 4.53. The summed E-state index contributed by atoms with van der Waals surface area (Å²) in [6.45, 7) is 8.02. The van der Waals surface area contributed by atoms with Crippen molar-refractivity contribution in [3.8, 4) is 0 Å². The number of anilines is 2. The zero-order valence-corrected chi connectivity index (χ0v) is 20.5. The van der Waals surface area contributed by atoms with Gasteiger partial charge >= 0.3 is 0 Å². The standard InChI is InChI=1S/C26H22N4O4S/c1-5-19-27-28-25(35-19)30-23(32)22-20(21(31)15-11-13(3)14(4)12-18(15)34-22)26(30)16-9-7-8-10-17(16)29(6-2)24(26)33/h7-12H,5-6H2,1-4H3. The molecule has 8 nitrogen and oxygen atoms in total. The number of carbonyl (C=O) groups is 2. The predicted octanol–water partition coefficient (Wildman–Crippen LogP) is 4.09. The Morgan fingerprint density at radius 2 is 1.77 bits per heavy atom. The van der Waals surface area contributed by atoms with Crippen molar-refractivity contribution in [3.63, 3.8) is 0 Å². The Morgan fingerprint density at radius 3 is 2.49 bits per heavy atom. The van der Waals surface area contributed by atoms with E-state index in [2.05, 4.69) is 10.2 Å². The molecule has 1 unspecified atom stereocenters. The Balaban J connectivity index is 1.78. The van der Waals surface area contributed by atoms with Crippen molar-refractivity contribution in [3.05, 3.63) is 79.6 Å². The van der Waals surface area contributed by atoms with Gasteiger partial charge in [-0.1, -0.05) is 36.5 Å². The molecular weight excluding hydrogens is 464 g/mol. The zero-order chi connectivity index (χ0) is 24.6. The number of likely N-dealkylation sites (N-methyl/N-ethyl adjacent to an activating group) is 1. The van der Waals surface area contributed by atoms with Crippen molar-refractivity contribution < 1.29 is 14.0 Å². The average Bonchev–Trinajstić information content (AvgIpc) is 3.49. The van der Waals surface area contributed by atoms with E-state index in [1.165, 1.54) is 16.2 Å². The van der Waals surface area contributed by atoms with Crippen LogP contribution in [0.15, 0.2) is 45.6 Å². The van der Waals surface area contributed by atoms with Gasteiger partial charge < -0.3 is 9.32 Å². The Morgan fingerprint density at radius 1 is 1.03 bits per heavy atom. The SMILES string of the molecule is CCc1nnc(N2C(=O)c3oc4cc(C)c(C)cc4c(=O)c3C23C(=O)N(CC)c2ccccc23)s1. The second kappa shape index (κ2) is 7.32. The van der Waals surface area contributed by atoms with Crippen molar-refractivity contribution >= 4 is 44.9 Å². The summed E-state index contributed by atoms with van der Waals surface area (Å²) in [6.07, 6.45) is 0.630. The second-order valence-electron chi connectivity index (χ2n) is 8.82. The van der Waals surface area contributed by atoms with Crippen LogP contribution in [-0.4, -0.2) is 28.6 Å². The van der Waals surface area contributed by atoms with E-state index < -0.39 is 11.4 Å². The highest BCUT2D eigenvalue weighted by Gasteiger charge is 2.66. The van der Waals surface area contributed by atoms with Gasteiger partial charge in [-0.25, -0.2) is 0 Å². The van der Waals surface area contributed by atoms with Gasteiger partial charge in [0.25, 0.3) is 11.8 Å². The molecule has 0 aliphatic carbocycles. The van der Waals surface area contributed by atoms with Gasteiger partial charge in [-0.05, 0) is 56.5 Å². The lowest BCUT2D eigenvalue weighted by Gasteiger charge is -2.31. The number of hydrogen-bond acceptors (Lipinski definition) is 7. The molecule has 2 aromatic heterocycles. The number of aromatic nitrogens is 2. The number of hydrogen-bond donors (Lipinski definition) is 0. The molecule has 0 N–H and O–H groups in total. The van der Waals surface area contributed by atoms with Crippen LogP contribution >= 0.6 is 11.3 Å². The van der Waals surface area contributed by atoms with Crippen LogP contribution in [0.4, 0.5) is 10.8 Å². The van der Waals surface area contributed by atoms with Gasteiger partial charge in [-0.15, -0.1) is 10.2 Å². The summed E-state index contributed by atoms with van der Waals surface area (Å²) in [5.74, 6) is -1.07. The third-order valence-electron chi connectivity index (χ3n) is 7.01. The molecule has 9 heteroatoms. The van der Waals surface area contributed by atoms with E-state index in [-0.39, 0.29) is 27.8 Å². The zero-order valence-electron chi connectivity index (χ0n) is 19.7. The minimum absolute atomic E-state index is 0.0416. The molecule has 2 amide bonds. The molecule has 2 aliphatic heterocycles. The number of benzene rings is 2. The summed E-state index contributed by atoms with van der Waals surface area (Å²) in [5.41, 5.74) is 1.34. The maximum atomic E-state index is 14.3. The molecule has 0 fully saturated rings. The number of aryl methyl sites for hydroxylation is 3. The van der Waals surface area contributed by atoms with Crippen LogP contribution in [0, 0.1) is 13.8 Å². The first kappa shape index (κ1) is 21.7. The molecule has 2 aromatic carbocycles. The highest BCUT2D eigenvalue weighted by molar-refractivity contribution is 7.15. The van der Waals surface area contributed by atoms with E-state index in [0.717, 1.165) is 16.1 Å². The minimum Gasteiger partial charge on any atom is -0.450 e. The maximum absolute atomic E-state index is 14.3. The van der Waals surface area contributed by atoms with Crippen molar-refractivity contribution in [2.75, 3.05) is 16.3 Å². The molecule has 0 radical (unpaired) electrons. The first-order valence-corrected chi connectivity index (χ1v) is 12.3. The predicted molar refractivity (Wildman–Crippen MR) is 133 cm³/mol. The minimum atomic E-state index is -1.71. The molecule has 2 aliphatic rings. The fourth-order valence-corrected chi connectivity index (χ4v) is 6.04. The molecule has 0 bridgehead atoms. The topological polar surface area (TPSA) is 96.6 Å². The molecule has 176 valence electrons. The van der Waals surface area contributed by atoms with Crippen LogP contribution in [-0.2, 0) is 16.8 Å². The van der Waals surface area contributed by atoms with Crippen molar-refractivity contribution in [2.24, 2.45) is 0 Å². The summed E-state index contributed by atoms with van der Waals surface area (Å²) in [5, 5.41) is 9.78. The smallest absolute Gasteiger partial charge is 0.297 e. The number of carbonyl (C=O) groups excluding carboxylic acids is 2. The molecule has 6 rings (SSSR count). The lowest BCUT2D eigenvalue weighted by Crippen LogP contribution is -2.53. The number of para-hydroxylation sites is 1. The lowest BCUT2D eigenvalue weighted by atomic mass is 9.84. The van der Waals surface area contributed by atoms with Gasteiger partial charge in [0.1, 0.15) is 10.6 Å². The average molecular weight is 487 g/mol. The van der Waals surface area contributed by atoms with E-state index in [1.807, 2.05) is 39.8 Å². The number of amides is 2. The molecule has 35 heavy (non-hydrogen) atoms. The molecule has 1 spiro atoms. The second-order valence-corrected chi connectivity index (χ2v) is 9.86. The van der Waals surface area contributed by atoms with Crippen LogP contribution in [0.5, 0.6) is 0 Å². The molecule has 0 saturated heterocycles. The lowest BCUT2D eigenvalue weighted by molar-refractivity contribution is -0.121. The van der Waals surface area contributed by atoms with E-state index in [1.54, 1.807) is 29.2 Å². The van der Waals surface area contributed by atoms with Gasteiger partial charge in [0.05, 0.1) is 16.6 Å². The highest BCUT2D eigenvalue weighted by Crippen LogP contribution is 2.54. The van der Waals surface area contributed by atoms with E-state index in [4.69, 9.17) is 4.42 Å². The van der Waals surface area contributed by atoms with Gasteiger partial charge in [-0.2, -0.15) is 0 Å². The van der Waals surface area contributed by atoms with Gasteiger partial charge in [0.2, 0.25) is 10.9 Å². The highest BCUT2D eigenvalue weighted by atomic mass is 32.1. The van der Waals surface area contributed by atoms with Crippen molar-refractivity contribution in [1.82, 2.24) is 10.2 Å². The van der Waals surface area contributed by atoms with Crippen molar-refractivity contribution in [1.29, 1.82) is 0 Å². The van der Waals surface area contributed by atoms with Gasteiger partial charge in [0, 0.05) is 12.1 Å². The summed E-state index contributed by atoms with van der Waals surface area (Å²) in [7, 11) is 0. The van der Waals surface area contributed by atoms with E-state index >= 15 is 0 Å². The molecule has 0 saturated carbocycles. The first-order chi connectivity index (χ1) is 16.8. The normalized spacial score (nSPS) is 18.7. The summed E-state index contributed by atoms with van der Waals surface area (Å²) in [4.78, 5) is 45.4. The first-order valence-electron chi connectivity index (χ1n) is 11.5. The molecule has 4 heterocycles. The fraction of sp³-hybridized carbons (Fsp3) is 0.269. The van der Waals surface area contributed by atoms with Crippen LogP contribution in [0.2, 0.25) is 0 Å². The van der Waals surface area contributed by atoms with Crippen LogP contribution in [0.25, 0.3) is 11.0 Å². The number of rotatable bonds is 3. The van der Waals surface area contributed by atoms with Gasteiger partial charge in [0.15, 0.2) is 11.0 Å². The van der Waals surface area contributed by atoms with Gasteiger partial charge in [-0.3, -0.25) is 19.3 Å². The summed E-state index contributed by atoms with van der Waals surface area (Å²) >= 11 is 1.23. The molecular formula is C26H22N4O4S. The Labute approximate surface area is 204 Å². The maximum Gasteiger partial charge on any atom is 0.297 e. The number of nitrogens with zero attached hydrogens (tertiary/aromatic N) is 4. The van der Waals surface area contributed by atoms with E-state index in [0.29, 0.717) is 35.2 Å². The summed E-state index contributed by atoms with van der Waals surface area (Å²) in [6, 6.07) is 10.8. The quantitative estimate of drug-likeness (QED) is 0.433. The Hall–Kier alpha value is -3.85. The van der Waals surface area contributed by atoms with Crippen LogP contribution in [0.1, 0.15) is 51.7 Å². The molecule has 4 aromatic rings.